The van der Waals surface area contributed by atoms with Crippen molar-refractivity contribution in [2.24, 2.45) is 5.92 Å². The standard InChI is InChI=1S/C14H15Cl2NO2S/c1-8-3-11(15)5-12(16)14(8)17-6-10(4-13(17)19)7-20-9(2)18/h3,5,10H,4,6-7H2,1-2H3. The third-order valence-corrected chi connectivity index (χ3v) is 4.77. The Morgan fingerprint density at radius 2 is 2.15 bits per heavy atom. The number of rotatable bonds is 3. The van der Waals surface area contributed by atoms with Crippen molar-refractivity contribution in [1.29, 1.82) is 0 Å². The number of halogens is 2. The van der Waals surface area contributed by atoms with Crippen LogP contribution in [0.4, 0.5) is 5.69 Å². The van der Waals surface area contributed by atoms with Gasteiger partial charge in [0, 0.05) is 30.7 Å². The van der Waals surface area contributed by atoms with E-state index in [-0.39, 0.29) is 16.9 Å². The fourth-order valence-electron chi connectivity index (χ4n) is 2.38. The maximum Gasteiger partial charge on any atom is 0.227 e. The van der Waals surface area contributed by atoms with Gasteiger partial charge in [0.25, 0.3) is 0 Å². The van der Waals surface area contributed by atoms with Gasteiger partial charge in [-0.2, -0.15) is 0 Å². The van der Waals surface area contributed by atoms with Crippen molar-refractivity contribution >= 4 is 51.7 Å². The third kappa shape index (κ3) is 3.48. The lowest BCUT2D eigenvalue weighted by atomic mass is 10.1. The van der Waals surface area contributed by atoms with Gasteiger partial charge in [0.05, 0.1) is 10.7 Å². The molecule has 1 aliphatic heterocycles. The minimum atomic E-state index is 0.0477. The van der Waals surface area contributed by atoms with E-state index in [4.69, 9.17) is 23.2 Å². The number of carbonyl (C=O) groups is 2. The molecule has 1 heterocycles. The molecule has 0 aliphatic carbocycles. The molecule has 1 atom stereocenters. The molecule has 3 nitrogen and oxygen atoms in total. The number of thioether (sulfide) groups is 1. The Balaban J connectivity index is 2.18. The summed E-state index contributed by atoms with van der Waals surface area (Å²) in [5.41, 5.74) is 1.62. The lowest BCUT2D eigenvalue weighted by Crippen LogP contribution is -2.26. The van der Waals surface area contributed by atoms with Crippen LogP contribution < -0.4 is 4.90 Å². The Hall–Kier alpha value is -0.710. The molecular formula is C14H15Cl2NO2S. The van der Waals surface area contributed by atoms with Crippen molar-refractivity contribution in [2.75, 3.05) is 17.2 Å². The van der Waals surface area contributed by atoms with Gasteiger partial charge in [0.15, 0.2) is 5.12 Å². The molecule has 0 N–H and O–H groups in total. The van der Waals surface area contributed by atoms with E-state index in [1.165, 1.54) is 11.8 Å². The molecule has 2 rings (SSSR count). The lowest BCUT2D eigenvalue weighted by molar-refractivity contribution is -0.117. The molecule has 1 aromatic carbocycles. The summed E-state index contributed by atoms with van der Waals surface area (Å²) >= 11 is 13.4. The number of nitrogens with zero attached hydrogens (tertiary/aromatic N) is 1. The fourth-order valence-corrected chi connectivity index (χ4v) is 3.77. The van der Waals surface area contributed by atoms with Crippen LogP contribution in [0.3, 0.4) is 0 Å². The largest absolute Gasteiger partial charge is 0.310 e. The second kappa shape index (κ2) is 6.37. The monoisotopic (exact) mass is 331 g/mol. The summed E-state index contributed by atoms with van der Waals surface area (Å²) in [6, 6.07) is 3.45. The van der Waals surface area contributed by atoms with E-state index < -0.39 is 0 Å². The van der Waals surface area contributed by atoms with Gasteiger partial charge in [-0.15, -0.1) is 0 Å². The summed E-state index contributed by atoms with van der Waals surface area (Å²) in [7, 11) is 0. The second-order valence-electron chi connectivity index (χ2n) is 4.93. The third-order valence-electron chi connectivity index (χ3n) is 3.22. The Labute approximate surface area is 132 Å². The predicted octanol–water partition coefficient (Wildman–Crippen LogP) is 3.93. The van der Waals surface area contributed by atoms with E-state index in [1.807, 2.05) is 6.92 Å². The molecule has 6 heteroatoms. The minimum Gasteiger partial charge on any atom is -0.310 e. The van der Waals surface area contributed by atoms with Crippen LogP contribution in [-0.4, -0.2) is 23.3 Å². The number of benzene rings is 1. The van der Waals surface area contributed by atoms with Crippen molar-refractivity contribution in [2.45, 2.75) is 20.3 Å². The van der Waals surface area contributed by atoms with Crippen molar-refractivity contribution in [3.63, 3.8) is 0 Å². The normalized spacial score (nSPS) is 18.7. The van der Waals surface area contributed by atoms with Crippen LogP contribution in [-0.2, 0) is 9.59 Å². The summed E-state index contributed by atoms with van der Waals surface area (Å²) in [5.74, 6) is 0.899. The van der Waals surface area contributed by atoms with E-state index in [0.29, 0.717) is 28.8 Å². The van der Waals surface area contributed by atoms with Crippen LogP contribution in [0.1, 0.15) is 18.9 Å². The van der Waals surface area contributed by atoms with Crippen LogP contribution in [0.25, 0.3) is 0 Å². The van der Waals surface area contributed by atoms with Crippen LogP contribution >= 0.6 is 35.0 Å². The average molecular weight is 332 g/mol. The molecule has 1 fully saturated rings. The zero-order valence-corrected chi connectivity index (χ0v) is 13.6. The number of hydrogen-bond donors (Lipinski definition) is 0. The molecular weight excluding hydrogens is 317 g/mol. The van der Waals surface area contributed by atoms with Crippen LogP contribution in [0.15, 0.2) is 12.1 Å². The first-order valence-corrected chi connectivity index (χ1v) is 8.02. The molecule has 0 bridgehead atoms. The highest BCUT2D eigenvalue weighted by molar-refractivity contribution is 8.13. The molecule has 0 spiro atoms. The van der Waals surface area contributed by atoms with Gasteiger partial charge in [-0.1, -0.05) is 35.0 Å². The maximum absolute atomic E-state index is 12.2. The maximum atomic E-state index is 12.2. The first kappa shape index (κ1) is 15.7. The minimum absolute atomic E-state index is 0.0477. The first-order valence-electron chi connectivity index (χ1n) is 6.28. The predicted molar refractivity (Wildman–Crippen MR) is 84.8 cm³/mol. The number of aryl methyl sites for hydroxylation is 1. The highest BCUT2D eigenvalue weighted by atomic mass is 35.5. The second-order valence-corrected chi connectivity index (χ2v) is 6.97. The van der Waals surface area contributed by atoms with Crippen molar-refractivity contribution in [3.05, 3.63) is 27.7 Å². The van der Waals surface area contributed by atoms with E-state index >= 15 is 0 Å². The molecule has 20 heavy (non-hydrogen) atoms. The molecule has 0 aromatic heterocycles. The molecule has 1 aliphatic rings. The first-order chi connectivity index (χ1) is 9.38. The zero-order chi connectivity index (χ0) is 14.9. The van der Waals surface area contributed by atoms with Gasteiger partial charge in [0.2, 0.25) is 5.91 Å². The highest BCUT2D eigenvalue weighted by Gasteiger charge is 2.32. The Kier molecular flexibility index (Phi) is 4.99. The van der Waals surface area contributed by atoms with Crippen LogP contribution in [0, 0.1) is 12.8 Å². The van der Waals surface area contributed by atoms with Gasteiger partial charge in [0.1, 0.15) is 0 Å². The fraction of sp³-hybridized carbons (Fsp3) is 0.429. The summed E-state index contributed by atoms with van der Waals surface area (Å²) in [6.07, 6.45) is 0.457. The highest BCUT2D eigenvalue weighted by Crippen LogP contribution is 2.36. The van der Waals surface area contributed by atoms with Gasteiger partial charge >= 0.3 is 0 Å². The molecule has 1 amide bonds. The van der Waals surface area contributed by atoms with Gasteiger partial charge in [-0.3, -0.25) is 9.59 Å². The molecule has 1 saturated heterocycles. The SMILES string of the molecule is CC(=O)SCC1CC(=O)N(c2c(C)cc(Cl)cc2Cl)C1. The van der Waals surface area contributed by atoms with E-state index in [1.54, 1.807) is 24.0 Å². The molecule has 108 valence electrons. The Bertz CT molecular complexity index is 539. The average Bonchev–Trinajstić information content (AvgIpc) is 2.67. The lowest BCUT2D eigenvalue weighted by Gasteiger charge is -2.21. The summed E-state index contributed by atoms with van der Waals surface area (Å²) in [5, 5.41) is 1.13. The quantitative estimate of drug-likeness (QED) is 0.841. The van der Waals surface area contributed by atoms with E-state index in [0.717, 1.165) is 11.3 Å². The molecule has 0 radical (unpaired) electrons. The molecule has 1 aromatic rings. The smallest absolute Gasteiger partial charge is 0.227 e. The van der Waals surface area contributed by atoms with Crippen LogP contribution in [0.2, 0.25) is 10.0 Å². The van der Waals surface area contributed by atoms with Gasteiger partial charge < -0.3 is 4.90 Å². The van der Waals surface area contributed by atoms with Crippen molar-refractivity contribution < 1.29 is 9.59 Å². The van der Waals surface area contributed by atoms with Crippen molar-refractivity contribution in [3.8, 4) is 0 Å². The number of hydrogen-bond acceptors (Lipinski definition) is 3. The van der Waals surface area contributed by atoms with E-state index in [9.17, 15) is 9.59 Å². The molecule has 1 unspecified atom stereocenters. The van der Waals surface area contributed by atoms with Crippen molar-refractivity contribution in [1.82, 2.24) is 0 Å². The van der Waals surface area contributed by atoms with Gasteiger partial charge in [-0.05, 0) is 30.5 Å². The topological polar surface area (TPSA) is 37.4 Å². The summed E-state index contributed by atoms with van der Waals surface area (Å²) in [4.78, 5) is 24.9. The van der Waals surface area contributed by atoms with E-state index in [2.05, 4.69) is 0 Å². The zero-order valence-electron chi connectivity index (χ0n) is 11.3. The Morgan fingerprint density at radius 3 is 2.75 bits per heavy atom. The molecule has 0 saturated carbocycles. The number of carbonyl (C=O) groups excluding carboxylic acids is 2. The summed E-state index contributed by atoms with van der Waals surface area (Å²) in [6.45, 7) is 4.03. The Morgan fingerprint density at radius 1 is 1.45 bits per heavy atom. The van der Waals surface area contributed by atoms with Gasteiger partial charge in [-0.25, -0.2) is 0 Å². The summed E-state index contributed by atoms with van der Waals surface area (Å²) < 4.78 is 0. The number of amides is 1. The van der Waals surface area contributed by atoms with Crippen LogP contribution in [0.5, 0.6) is 0 Å². The number of anilines is 1.